The van der Waals surface area contributed by atoms with E-state index in [2.05, 4.69) is 15.4 Å². The molecule has 0 spiro atoms. The Labute approximate surface area is 140 Å². The summed E-state index contributed by atoms with van der Waals surface area (Å²) in [5, 5.41) is 6.90. The van der Waals surface area contributed by atoms with Gasteiger partial charge in [-0.15, -0.1) is 0 Å². The van der Waals surface area contributed by atoms with E-state index in [-0.39, 0.29) is 12.1 Å². The number of likely N-dealkylation sites (N-methyl/N-ethyl adjacent to an activating group) is 1. The molecule has 1 aromatic heterocycles. The van der Waals surface area contributed by atoms with E-state index in [0.29, 0.717) is 19.7 Å². The van der Waals surface area contributed by atoms with Crippen molar-refractivity contribution in [3.8, 4) is 11.5 Å². The Morgan fingerprint density at radius 3 is 3.04 bits per heavy atom. The molecule has 0 saturated carbocycles. The molecule has 1 aliphatic rings. The molecular formula is C16H21N5O3. The predicted octanol–water partition coefficient (Wildman–Crippen LogP) is 1.15. The van der Waals surface area contributed by atoms with Crippen LogP contribution in [-0.2, 0) is 6.54 Å². The van der Waals surface area contributed by atoms with Gasteiger partial charge in [0.05, 0.1) is 6.54 Å². The predicted molar refractivity (Wildman–Crippen MR) is 87.0 cm³/mol. The van der Waals surface area contributed by atoms with Crippen LogP contribution >= 0.6 is 0 Å². The van der Waals surface area contributed by atoms with Gasteiger partial charge in [-0.05, 0) is 18.6 Å². The van der Waals surface area contributed by atoms with E-state index in [0.717, 1.165) is 24.5 Å². The first-order valence-corrected chi connectivity index (χ1v) is 7.92. The summed E-state index contributed by atoms with van der Waals surface area (Å²) in [6.07, 6.45) is 3.77. The largest absolute Gasteiger partial charge is 0.486 e. The first kappa shape index (κ1) is 16.1. The molecule has 0 unspecified atom stereocenters. The number of para-hydroxylation sites is 2. The molecule has 2 aromatic rings. The topological polar surface area (TPSA) is 81.5 Å². The molecule has 128 valence electrons. The quantitative estimate of drug-likeness (QED) is 0.803. The lowest BCUT2D eigenvalue weighted by atomic mass is 10.2. The fourth-order valence-corrected chi connectivity index (χ4v) is 2.46. The average Bonchev–Trinajstić information content (AvgIpc) is 3.12. The molecule has 1 N–H and O–H groups in total. The number of fused-ring (bicyclic) bond motifs is 1. The van der Waals surface area contributed by atoms with E-state index in [1.165, 1.54) is 6.33 Å². The summed E-state index contributed by atoms with van der Waals surface area (Å²) in [6.45, 7) is 2.19. The van der Waals surface area contributed by atoms with Gasteiger partial charge in [0.15, 0.2) is 17.6 Å². The number of amides is 2. The molecule has 2 amide bonds. The van der Waals surface area contributed by atoms with Crippen LogP contribution in [0.25, 0.3) is 0 Å². The molecule has 8 nitrogen and oxygen atoms in total. The maximum atomic E-state index is 12.1. The highest BCUT2D eigenvalue weighted by molar-refractivity contribution is 5.73. The molecule has 0 fully saturated rings. The smallest absolute Gasteiger partial charge is 0.317 e. The van der Waals surface area contributed by atoms with Crippen molar-refractivity contribution in [3.63, 3.8) is 0 Å². The van der Waals surface area contributed by atoms with E-state index in [1.807, 2.05) is 24.3 Å². The van der Waals surface area contributed by atoms with Gasteiger partial charge in [-0.3, -0.25) is 4.68 Å². The zero-order valence-electron chi connectivity index (χ0n) is 13.6. The maximum Gasteiger partial charge on any atom is 0.317 e. The molecule has 0 saturated heterocycles. The summed E-state index contributed by atoms with van der Waals surface area (Å²) in [4.78, 5) is 17.6. The SMILES string of the molecule is CN(C[C@@H]1COc2ccccc2O1)C(=O)NCCCn1cncn1. The number of nitrogens with zero attached hydrogens (tertiary/aromatic N) is 4. The van der Waals surface area contributed by atoms with Crippen molar-refractivity contribution in [2.75, 3.05) is 26.7 Å². The normalized spacial score (nSPS) is 15.8. The van der Waals surface area contributed by atoms with Crippen molar-refractivity contribution in [1.29, 1.82) is 0 Å². The van der Waals surface area contributed by atoms with E-state index >= 15 is 0 Å². The average molecular weight is 331 g/mol. The number of carbonyl (C=O) groups is 1. The van der Waals surface area contributed by atoms with Crippen LogP contribution in [0.15, 0.2) is 36.9 Å². The van der Waals surface area contributed by atoms with Gasteiger partial charge in [0, 0.05) is 20.1 Å². The minimum Gasteiger partial charge on any atom is -0.486 e. The third-order valence-corrected chi connectivity index (χ3v) is 3.70. The molecule has 1 aromatic carbocycles. The van der Waals surface area contributed by atoms with Gasteiger partial charge in [0.25, 0.3) is 0 Å². The molecule has 2 heterocycles. The highest BCUT2D eigenvalue weighted by atomic mass is 16.6. The highest BCUT2D eigenvalue weighted by Crippen LogP contribution is 2.30. The fraction of sp³-hybridized carbons (Fsp3) is 0.438. The maximum absolute atomic E-state index is 12.1. The summed E-state index contributed by atoms with van der Waals surface area (Å²) >= 11 is 0. The zero-order valence-corrected chi connectivity index (χ0v) is 13.6. The van der Waals surface area contributed by atoms with E-state index in [9.17, 15) is 4.79 Å². The van der Waals surface area contributed by atoms with Gasteiger partial charge < -0.3 is 19.7 Å². The van der Waals surface area contributed by atoms with Gasteiger partial charge in [-0.1, -0.05) is 12.1 Å². The minimum absolute atomic E-state index is 0.129. The second-order valence-electron chi connectivity index (χ2n) is 5.62. The Balaban J connectivity index is 1.38. The number of benzene rings is 1. The molecule has 1 atom stereocenters. The van der Waals surface area contributed by atoms with Gasteiger partial charge in [0.2, 0.25) is 0 Å². The summed E-state index contributed by atoms with van der Waals surface area (Å²) < 4.78 is 13.3. The van der Waals surface area contributed by atoms with Crippen molar-refractivity contribution >= 4 is 6.03 Å². The molecule has 3 rings (SSSR count). The first-order valence-electron chi connectivity index (χ1n) is 7.92. The monoisotopic (exact) mass is 331 g/mol. The highest BCUT2D eigenvalue weighted by Gasteiger charge is 2.23. The van der Waals surface area contributed by atoms with Crippen LogP contribution in [0.2, 0.25) is 0 Å². The van der Waals surface area contributed by atoms with Crippen LogP contribution in [0.5, 0.6) is 11.5 Å². The zero-order chi connectivity index (χ0) is 16.8. The number of rotatable bonds is 6. The first-order chi connectivity index (χ1) is 11.7. The van der Waals surface area contributed by atoms with Crippen LogP contribution in [0, 0.1) is 0 Å². The molecule has 0 bridgehead atoms. The summed E-state index contributed by atoms with van der Waals surface area (Å²) in [5.74, 6) is 1.46. The van der Waals surface area contributed by atoms with Gasteiger partial charge >= 0.3 is 6.03 Å². The lowest BCUT2D eigenvalue weighted by Gasteiger charge is -2.29. The molecule has 24 heavy (non-hydrogen) atoms. The lowest BCUT2D eigenvalue weighted by Crippen LogP contribution is -2.45. The number of ether oxygens (including phenoxy) is 2. The van der Waals surface area contributed by atoms with E-state index in [4.69, 9.17) is 9.47 Å². The second-order valence-corrected chi connectivity index (χ2v) is 5.62. The van der Waals surface area contributed by atoms with Gasteiger partial charge in [0.1, 0.15) is 19.3 Å². The molecule has 8 heteroatoms. The number of urea groups is 1. The molecule has 0 radical (unpaired) electrons. The summed E-state index contributed by atoms with van der Waals surface area (Å²) in [6, 6.07) is 7.41. The van der Waals surface area contributed by atoms with Crippen LogP contribution in [0.1, 0.15) is 6.42 Å². The third-order valence-electron chi connectivity index (χ3n) is 3.70. The van der Waals surface area contributed by atoms with Crippen LogP contribution < -0.4 is 14.8 Å². The lowest BCUT2D eigenvalue weighted by molar-refractivity contribution is 0.0716. The van der Waals surface area contributed by atoms with Crippen molar-refractivity contribution in [1.82, 2.24) is 25.0 Å². The van der Waals surface area contributed by atoms with Crippen molar-refractivity contribution in [2.24, 2.45) is 0 Å². The number of carbonyl (C=O) groups excluding carboxylic acids is 1. The Morgan fingerprint density at radius 2 is 2.25 bits per heavy atom. The third kappa shape index (κ3) is 4.15. The van der Waals surface area contributed by atoms with Crippen molar-refractivity contribution in [3.05, 3.63) is 36.9 Å². The molecular weight excluding hydrogens is 310 g/mol. The van der Waals surface area contributed by atoms with Crippen LogP contribution in [-0.4, -0.2) is 58.5 Å². The number of hydrogen-bond acceptors (Lipinski definition) is 5. The Hall–Kier alpha value is -2.77. The Morgan fingerprint density at radius 1 is 1.42 bits per heavy atom. The van der Waals surface area contributed by atoms with Crippen molar-refractivity contribution in [2.45, 2.75) is 19.1 Å². The Kier molecular flexibility index (Phi) is 5.15. The molecule has 0 aliphatic carbocycles. The Bertz CT molecular complexity index is 661. The standard InChI is InChI=1S/C16H21N5O3/c1-20(16(22)18-7-4-8-21-12-17-11-19-21)9-13-10-23-14-5-2-3-6-15(14)24-13/h2-3,5-6,11-13H,4,7-10H2,1H3,(H,18,22)/t13-/m1/s1. The van der Waals surface area contributed by atoms with E-state index < -0.39 is 0 Å². The minimum atomic E-state index is -0.175. The fourth-order valence-electron chi connectivity index (χ4n) is 2.46. The molecule has 1 aliphatic heterocycles. The van der Waals surface area contributed by atoms with Crippen molar-refractivity contribution < 1.29 is 14.3 Å². The van der Waals surface area contributed by atoms with Crippen LogP contribution in [0.3, 0.4) is 0 Å². The number of aromatic nitrogens is 3. The summed E-state index contributed by atoms with van der Waals surface area (Å²) in [5.41, 5.74) is 0. The summed E-state index contributed by atoms with van der Waals surface area (Å²) in [7, 11) is 1.75. The van der Waals surface area contributed by atoms with E-state index in [1.54, 1.807) is 23.0 Å². The number of nitrogens with one attached hydrogen (secondary N) is 1. The number of hydrogen-bond donors (Lipinski definition) is 1. The van der Waals surface area contributed by atoms with Gasteiger partial charge in [-0.25, -0.2) is 9.78 Å². The number of aryl methyl sites for hydroxylation is 1. The van der Waals surface area contributed by atoms with Gasteiger partial charge in [-0.2, -0.15) is 5.10 Å². The second kappa shape index (κ2) is 7.67. The van der Waals surface area contributed by atoms with Crippen LogP contribution in [0.4, 0.5) is 4.79 Å².